The van der Waals surface area contributed by atoms with Gasteiger partial charge in [-0.15, -0.1) is 11.3 Å². The number of hydrogen-bond donors (Lipinski definition) is 3. The van der Waals surface area contributed by atoms with E-state index < -0.39 is 23.7 Å². The highest BCUT2D eigenvalue weighted by Gasteiger charge is 2.30. The van der Waals surface area contributed by atoms with Crippen molar-refractivity contribution in [1.82, 2.24) is 4.98 Å². The summed E-state index contributed by atoms with van der Waals surface area (Å²) in [6.07, 6.45) is -4.54. The molecule has 3 N–H and O–H groups in total. The number of carbonyl (C=O) groups is 2. The Bertz CT molecular complexity index is 1070. The first kappa shape index (κ1) is 22.1. The minimum atomic E-state index is -4.44. The van der Waals surface area contributed by atoms with Gasteiger partial charge in [0, 0.05) is 11.1 Å². The fourth-order valence-corrected chi connectivity index (χ4v) is 3.26. The Morgan fingerprint density at radius 2 is 1.74 bits per heavy atom. The predicted molar refractivity (Wildman–Crippen MR) is 112 cm³/mol. The zero-order chi connectivity index (χ0) is 22.4. The van der Waals surface area contributed by atoms with Crippen LogP contribution in [0.2, 0.25) is 0 Å². The zero-order valence-electron chi connectivity index (χ0n) is 16.1. The van der Waals surface area contributed by atoms with Gasteiger partial charge in [-0.2, -0.15) is 13.2 Å². The standard InChI is InChI=1S/C20H17F3N4O3S/c1-30-16-5-3-2-4-15(16)26-18(29)27-19-25-14(11-31-19)10-17(28)24-13-8-6-12(7-9-13)20(21,22)23/h2-9,11H,10H2,1H3,(H,24,28)(H2,25,26,27,29). The lowest BCUT2D eigenvalue weighted by molar-refractivity contribution is -0.137. The molecule has 0 spiro atoms. The van der Waals surface area contributed by atoms with Crippen molar-refractivity contribution < 1.29 is 27.5 Å². The molecule has 1 aromatic heterocycles. The molecule has 0 aliphatic heterocycles. The summed E-state index contributed by atoms with van der Waals surface area (Å²) < 4.78 is 42.9. The van der Waals surface area contributed by atoms with E-state index in [-0.39, 0.29) is 17.2 Å². The maximum Gasteiger partial charge on any atom is 0.416 e. The number of methoxy groups -OCH3 is 1. The average molecular weight is 450 g/mol. The second-order valence-corrected chi connectivity index (χ2v) is 7.08. The first-order valence-electron chi connectivity index (χ1n) is 8.87. The van der Waals surface area contributed by atoms with E-state index in [0.29, 0.717) is 17.1 Å². The van der Waals surface area contributed by atoms with Gasteiger partial charge < -0.3 is 15.4 Å². The SMILES string of the molecule is COc1ccccc1NC(=O)Nc1nc(CC(=O)Nc2ccc(C(F)(F)F)cc2)cs1. The van der Waals surface area contributed by atoms with Crippen molar-refractivity contribution in [1.29, 1.82) is 0 Å². The number of thiazole rings is 1. The van der Waals surface area contributed by atoms with E-state index >= 15 is 0 Å². The molecule has 11 heteroatoms. The van der Waals surface area contributed by atoms with Gasteiger partial charge >= 0.3 is 12.2 Å². The topological polar surface area (TPSA) is 92.3 Å². The first-order valence-corrected chi connectivity index (χ1v) is 9.75. The largest absolute Gasteiger partial charge is 0.495 e. The Kier molecular flexibility index (Phi) is 6.75. The van der Waals surface area contributed by atoms with Crippen LogP contribution in [0.1, 0.15) is 11.3 Å². The zero-order valence-corrected chi connectivity index (χ0v) is 16.9. The number of nitrogens with one attached hydrogen (secondary N) is 3. The van der Waals surface area contributed by atoms with Crippen molar-refractivity contribution in [3.8, 4) is 5.75 Å². The number of halogens is 3. The highest BCUT2D eigenvalue weighted by molar-refractivity contribution is 7.14. The highest BCUT2D eigenvalue weighted by atomic mass is 32.1. The molecule has 162 valence electrons. The molecule has 0 bridgehead atoms. The summed E-state index contributed by atoms with van der Waals surface area (Å²) in [6, 6.07) is 10.5. The molecule has 3 amide bonds. The van der Waals surface area contributed by atoms with Gasteiger partial charge in [0.2, 0.25) is 5.91 Å². The van der Waals surface area contributed by atoms with E-state index in [1.807, 2.05) is 0 Å². The molecular formula is C20H17F3N4O3S. The minimum Gasteiger partial charge on any atom is -0.495 e. The summed E-state index contributed by atoms with van der Waals surface area (Å²) in [5.41, 5.74) is 0.326. The first-order chi connectivity index (χ1) is 14.7. The Hall–Kier alpha value is -3.60. The van der Waals surface area contributed by atoms with Crippen LogP contribution < -0.4 is 20.7 Å². The second-order valence-electron chi connectivity index (χ2n) is 6.22. The van der Waals surface area contributed by atoms with Gasteiger partial charge in [-0.3, -0.25) is 10.1 Å². The van der Waals surface area contributed by atoms with Crippen LogP contribution in [0.25, 0.3) is 0 Å². The van der Waals surface area contributed by atoms with Crippen LogP contribution in [-0.2, 0) is 17.4 Å². The maximum atomic E-state index is 12.6. The lowest BCUT2D eigenvalue weighted by atomic mass is 10.2. The number of nitrogens with zero attached hydrogens (tertiary/aromatic N) is 1. The van der Waals surface area contributed by atoms with Gasteiger partial charge in [0.1, 0.15) is 5.75 Å². The molecule has 1 heterocycles. The molecule has 0 radical (unpaired) electrons. The summed E-state index contributed by atoms with van der Waals surface area (Å²) in [7, 11) is 1.49. The fourth-order valence-electron chi connectivity index (χ4n) is 2.56. The van der Waals surface area contributed by atoms with E-state index in [9.17, 15) is 22.8 Å². The molecule has 3 rings (SSSR count). The van der Waals surface area contributed by atoms with E-state index in [1.165, 1.54) is 19.2 Å². The Balaban J connectivity index is 1.53. The molecule has 7 nitrogen and oxygen atoms in total. The number of aromatic nitrogens is 1. The van der Waals surface area contributed by atoms with Crippen LogP contribution in [0, 0.1) is 0 Å². The van der Waals surface area contributed by atoms with Gasteiger partial charge in [-0.05, 0) is 36.4 Å². The molecule has 0 saturated heterocycles. The van der Waals surface area contributed by atoms with E-state index in [2.05, 4.69) is 20.9 Å². The van der Waals surface area contributed by atoms with Crippen LogP contribution in [0.3, 0.4) is 0 Å². The molecule has 0 saturated carbocycles. The summed E-state index contributed by atoms with van der Waals surface area (Å²) >= 11 is 1.13. The van der Waals surface area contributed by atoms with Gasteiger partial charge in [0.05, 0.1) is 30.5 Å². The smallest absolute Gasteiger partial charge is 0.416 e. The number of rotatable bonds is 6. The third kappa shape index (κ3) is 6.19. The number of urea groups is 1. The van der Waals surface area contributed by atoms with E-state index in [0.717, 1.165) is 23.5 Å². The second kappa shape index (κ2) is 9.47. The third-order valence-corrected chi connectivity index (χ3v) is 4.77. The molecular weight excluding hydrogens is 433 g/mol. The lowest BCUT2D eigenvalue weighted by Gasteiger charge is -2.09. The average Bonchev–Trinajstić information content (AvgIpc) is 3.14. The molecule has 0 fully saturated rings. The third-order valence-electron chi connectivity index (χ3n) is 3.97. The van der Waals surface area contributed by atoms with Crippen molar-refractivity contribution in [2.24, 2.45) is 0 Å². The number of anilines is 3. The predicted octanol–water partition coefficient (Wildman–Crippen LogP) is 5.00. The molecule has 0 unspecified atom stereocenters. The number of alkyl halides is 3. The van der Waals surface area contributed by atoms with Crippen LogP contribution in [0.4, 0.5) is 34.5 Å². The fraction of sp³-hybridized carbons (Fsp3) is 0.150. The van der Waals surface area contributed by atoms with Gasteiger partial charge in [-0.1, -0.05) is 12.1 Å². The summed E-state index contributed by atoms with van der Waals surface area (Å²) in [5, 5.41) is 9.60. The van der Waals surface area contributed by atoms with Crippen LogP contribution in [0.5, 0.6) is 5.75 Å². The van der Waals surface area contributed by atoms with Crippen molar-refractivity contribution in [3.05, 3.63) is 65.2 Å². The number of ether oxygens (including phenoxy) is 1. The van der Waals surface area contributed by atoms with Gasteiger partial charge in [0.25, 0.3) is 0 Å². The quantitative estimate of drug-likeness (QED) is 0.493. The summed E-state index contributed by atoms with van der Waals surface area (Å²) in [6.45, 7) is 0. The number of para-hydroxylation sites is 2. The monoisotopic (exact) mass is 450 g/mol. The molecule has 0 aliphatic carbocycles. The lowest BCUT2D eigenvalue weighted by Crippen LogP contribution is -2.20. The Morgan fingerprint density at radius 3 is 2.42 bits per heavy atom. The van der Waals surface area contributed by atoms with Crippen molar-refractivity contribution in [2.45, 2.75) is 12.6 Å². The van der Waals surface area contributed by atoms with Crippen LogP contribution in [0.15, 0.2) is 53.9 Å². The number of hydrogen-bond acceptors (Lipinski definition) is 5. The van der Waals surface area contributed by atoms with Crippen LogP contribution in [-0.4, -0.2) is 24.0 Å². The Morgan fingerprint density at radius 1 is 1.03 bits per heavy atom. The number of benzene rings is 2. The summed E-state index contributed by atoms with van der Waals surface area (Å²) in [4.78, 5) is 28.4. The van der Waals surface area contributed by atoms with Crippen molar-refractivity contribution >= 4 is 39.8 Å². The van der Waals surface area contributed by atoms with E-state index in [4.69, 9.17) is 4.74 Å². The van der Waals surface area contributed by atoms with Crippen molar-refractivity contribution in [3.63, 3.8) is 0 Å². The number of amides is 3. The molecule has 2 aromatic carbocycles. The highest BCUT2D eigenvalue weighted by Crippen LogP contribution is 2.30. The normalized spacial score (nSPS) is 11.0. The molecule has 0 atom stereocenters. The maximum absolute atomic E-state index is 12.6. The van der Waals surface area contributed by atoms with Crippen molar-refractivity contribution in [2.75, 3.05) is 23.1 Å². The van der Waals surface area contributed by atoms with Gasteiger partial charge in [-0.25, -0.2) is 9.78 Å². The van der Waals surface area contributed by atoms with Crippen LogP contribution >= 0.6 is 11.3 Å². The van der Waals surface area contributed by atoms with E-state index in [1.54, 1.807) is 29.6 Å². The number of carbonyl (C=O) groups excluding carboxylic acids is 2. The molecule has 0 aliphatic rings. The Labute approximate surface area is 179 Å². The molecule has 31 heavy (non-hydrogen) atoms. The minimum absolute atomic E-state index is 0.104. The molecule has 3 aromatic rings. The summed E-state index contributed by atoms with van der Waals surface area (Å²) in [5.74, 6) is 0.0486. The van der Waals surface area contributed by atoms with Gasteiger partial charge in [0.15, 0.2) is 5.13 Å².